The van der Waals surface area contributed by atoms with Crippen LogP contribution < -0.4 is 0 Å². The molecule has 116 valence electrons. The highest BCUT2D eigenvalue weighted by Gasteiger charge is 2.25. The third kappa shape index (κ3) is 2.81. The summed E-state index contributed by atoms with van der Waals surface area (Å²) in [6, 6.07) is 5.22. The Morgan fingerprint density at radius 1 is 1.05 bits per heavy atom. The van der Waals surface area contributed by atoms with Gasteiger partial charge in [0.05, 0.1) is 33.9 Å². The second kappa shape index (κ2) is 5.31. The van der Waals surface area contributed by atoms with E-state index >= 15 is 0 Å². The summed E-state index contributed by atoms with van der Waals surface area (Å²) in [5.74, 6) is -0.0914. The number of aromatic nitrogens is 2. The van der Waals surface area contributed by atoms with Gasteiger partial charge in [-0.15, -0.1) is 0 Å². The number of sulfone groups is 1. The van der Waals surface area contributed by atoms with Crippen LogP contribution in [-0.2, 0) is 9.84 Å². The van der Waals surface area contributed by atoms with Gasteiger partial charge in [0.15, 0.2) is 9.84 Å². The lowest BCUT2D eigenvalue weighted by molar-refractivity contribution is 0.0770. The van der Waals surface area contributed by atoms with Crippen LogP contribution in [0.5, 0.6) is 0 Å². The Labute approximate surface area is 129 Å². The van der Waals surface area contributed by atoms with E-state index in [1.807, 2.05) is 13.8 Å². The van der Waals surface area contributed by atoms with Crippen LogP contribution in [0, 0.1) is 13.8 Å². The molecule has 0 atom stereocenters. The molecular weight excluding hydrogens is 302 g/mol. The molecule has 22 heavy (non-hydrogen) atoms. The van der Waals surface area contributed by atoms with E-state index in [1.165, 1.54) is 0 Å². The maximum Gasteiger partial charge on any atom is 0.253 e. The van der Waals surface area contributed by atoms with Gasteiger partial charge in [0.1, 0.15) is 0 Å². The molecule has 0 unspecified atom stereocenters. The molecule has 1 fully saturated rings. The number of amides is 1. The molecule has 0 N–H and O–H groups in total. The Hall–Kier alpha value is -2.02. The molecule has 0 saturated carbocycles. The standard InChI is InChI=1S/C15H17N3O3S/c1-10-11(2)17-14-9-12(3-4-13(14)16-10)15(19)18-5-7-22(20,21)8-6-18/h3-4,9H,5-8H2,1-2H3. The van der Waals surface area contributed by atoms with E-state index in [2.05, 4.69) is 9.97 Å². The number of nitrogens with zero attached hydrogens (tertiary/aromatic N) is 3. The summed E-state index contributed by atoms with van der Waals surface area (Å²) in [4.78, 5) is 23.0. The van der Waals surface area contributed by atoms with Crippen molar-refractivity contribution >= 4 is 26.8 Å². The molecule has 1 saturated heterocycles. The van der Waals surface area contributed by atoms with Gasteiger partial charge in [-0.05, 0) is 32.0 Å². The van der Waals surface area contributed by atoms with E-state index in [4.69, 9.17) is 0 Å². The number of rotatable bonds is 1. The van der Waals surface area contributed by atoms with Gasteiger partial charge < -0.3 is 4.90 Å². The predicted octanol–water partition coefficient (Wildman–Crippen LogP) is 1.12. The molecule has 1 aliphatic rings. The van der Waals surface area contributed by atoms with Crippen LogP contribution in [0.4, 0.5) is 0 Å². The zero-order valence-electron chi connectivity index (χ0n) is 12.5. The van der Waals surface area contributed by atoms with Crippen LogP contribution in [-0.4, -0.2) is 53.8 Å². The lowest BCUT2D eigenvalue weighted by atomic mass is 10.1. The first-order valence-corrected chi connectivity index (χ1v) is 8.92. The Morgan fingerprint density at radius 3 is 2.27 bits per heavy atom. The summed E-state index contributed by atoms with van der Waals surface area (Å²) in [5.41, 5.74) is 3.65. The third-order valence-corrected chi connectivity index (χ3v) is 5.56. The van der Waals surface area contributed by atoms with Gasteiger partial charge >= 0.3 is 0 Å². The smallest absolute Gasteiger partial charge is 0.253 e. The Balaban J connectivity index is 1.90. The van der Waals surface area contributed by atoms with E-state index in [1.54, 1.807) is 23.1 Å². The van der Waals surface area contributed by atoms with Crippen LogP contribution in [0.15, 0.2) is 18.2 Å². The summed E-state index contributed by atoms with van der Waals surface area (Å²) in [5, 5.41) is 0. The number of carbonyl (C=O) groups is 1. The Bertz CT molecular complexity index is 848. The molecule has 2 heterocycles. The highest BCUT2D eigenvalue weighted by atomic mass is 32.2. The second-order valence-corrected chi connectivity index (χ2v) is 7.85. The number of hydrogen-bond acceptors (Lipinski definition) is 5. The normalized spacial score (nSPS) is 17.6. The summed E-state index contributed by atoms with van der Waals surface area (Å²) in [6.45, 7) is 4.27. The SMILES string of the molecule is Cc1nc2ccc(C(=O)N3CCS(=O)(=O)CC3)cc2nc1C. The van der Waals surface area contributed by atoms with E-state index in [-0.39, 0.29) is 30.5 Å². The van der Waals surface area contributed by atoms with Crippen molar-refractivity contribution in [3.05, 3.63) is 35.2 Å². The fourth-order valence-corrected chi connectivity index (χ4v) is 3.66. The molecule has 1 aromatic carbocycles. The molecule has 2 aromatic rings. The first kappa shape index (κ1) is 14.9. The van der Waals surface area contributed by atoms with Crippen molar-refractivity contribution in [2.45, 2.75) is 13.8 Å². The third-order valence-electron chi connectivity index (χ3n) is 3.95. The quantitative estimate of drug-likeness (QED) is 0.787. The monoisotopic (exact) mass is 319 g/mol. The summed E-state index contributed by atoms with van der Waals surface area (Å²) in [6.07, 6.45) is 0. The molecular formula is C15H17N3O3S. The van der Waals surface area contributed by atoms with Crippen molar-refractivity contribution < 1.29 is 13.2 Å². The maximum atomic E-state index is 12.5. The summed E-state index contributed by atoms with van der Waals surface area (Å²) in [7, 11) is -2.99. The minimum Gasteiger partial charge on any atom is -0.337 e. The molecule has 7 heteroatoms. The number of carbonyl (C=O) groups excluding carboxylic acids is 1. The molecule has 0 spiro atoms. The molecule has 6 nitrogen and oxygen atoms in total. The van der Waals surface area contributed by atoms with Gasteiger partial charge in [0, 0.05) is 18.7 Å². The van der Waals surface area contributed by atoms with Gasteiger partial charge in [0.2, 0.25) is 0 Å². The molecule has 0 aliphatic carbocycles. The minimum absolute atomic E-state index is 0.0322. The minimum atomic E-state index is -2.99. The Morgan fingerprint density at radius 2 is 1.64 bits per heavy atom. The second-order valence-electron chi connectivity index (χ2n) is 5.54. The molecule has 0 radical (unpaired) electrons. The summed E-state index contributed by atoms with van der Waals surface area (Å²) >= 11 is 0. The fraction of sp³-hybridized carbons (Fsp3) is 0.400. The zero-order chi connectivity index (χ0) is 15.9. The topological polar surface area (TPSA) is 80.2 Å². The molecule has 3 rings (SSSR count). The van der Waals surface area contributed by atoms with Crippen molar-refractivity contribution in [2.75, 3.05) is 24.6 Å². The number of fused-ring (bicyclic) bond motifs is 1. The largest absolute Gasteiger partial charge is 0.337 e. The molecule has 1 amide bonds. The number of aryl methyl sites for hydroxylation is 2. The average Bonchev–Trinajstić information content (AvgIpc) is 2.47. The van der Waals surface area contributed by atoms with Crippen molar-refractivity contribution in [1.29, 1.82) is 0 Å². The predicted molar refractivity (Wildman–Crippen MR) is 83.6 cm³/mol. The highest BCUT2D eigenvalue weighted by Crippen LogP contribution is 2.17. The van der Waals surface area contributed by atoms with E-state index in [9.17, 15) is 13.2 Å². The van der Waals surface area contributed by atoms with E-state index in [0.29, 0.717) is 11.1 Å². The highest BCUT2D eigenvalue weighted by molar-refractivity contribution is 7.91. The van der Waals surface area contributed by atoms with Crippen LogP contribution >= 0.6 is 0 Å². The van der Waals surface area contributed by atoms with Crippen LogP contribution in [0.3, 0.4) is 0 Å². The van der Waals surface area contributed by atoms with Crippen molar-refractivity contribution in [3.8, 4) is 0 Å². The number of benzene rings is 1. The Kier molecular flexibility index (Phi) is 3.60. The molecule has 1 aromatic heterocycles. The lowest BCUT2D eigenvalue weighted by Gasteiger charge is -2.26. The van der Waals surface area contributed by atoms with Gasteiger partial charge in [-0.25, -0.2) is 18.4 Å². The van der Waals surface area contributed by atoms with Crippen molar-refractivity contribution in [1.82, 2.24) is 14.9 Å². The van der Waals surface area contributed by atoms with Crippen LogP contribution in [0.1, 0.15) is 21.7 Å². The first-order valence-electron chi connectivity index (χ1n) is 7.10. The van der Waals surface area contributed by atoms with E-state index in [0.717, 1.165) is 16.9 Å². The molecule has 1 aliphatic heterocycles. The van der Waals surface area contributed by atoms with E-state index < -0.39 is 9.84 Å². The van der Waals surface area contributed by atoms with Crippen molar-refractivity contribution in [3.63, 3.8) is 0 Å². The zero-order valence-corrected chi connectivity index (χ0v) is 13.4. The first-order chi connectivity index (χ1) is 10.4. The van der Waals surface area contributed by atoms with Crippen molar-refractivity contribution in [2.24, 2.45) is 0 Å². The molecule has 0 bridgehead atoms. The van der Waals surface area contributed by atoms with Gasteiger partial charge in [0.25, 0.3) is 5.91 Å². The fourth-order valence-electron chi connectivity index (χ4n) is 2.46. The summed E-state index contributed by atoms with van der Waals surface area (Å²) < 4.78 is 22.9. The maximum absolute atomic E-state index is 12.5. The van der Waals surface area contributed by atoms with Gasteiger partial charge in [-0.1, -0.05) is 0 Å². The average molecular weight is 319 g/mol. The van der Waals surface area contributed by atoms with Gasteiger partial charge in [-0.3, -0.25) is 4.79 Å². The van der Waals surface area contributed by atoms with Gasteiger partial charge in [-0.2, -0.15) is 0 Å². The number of hydrogen-bond donors (Lipinski definition) is 0. The van der Waals surface area contributed by atoms with Crippen LogP contribution in [0.25, 0.3) is 11.0 Å². The van der Waals surface area contributed by atoms with Crippen LogP contribution in [0.2, 0.25) is 0 Å². The lowest BCUT2D eigenvalue weighted by Crippen LogP contribution is -2.43.